The van der Waals surface area contributed by atoms with Crippen molar-refractivity contribution in [3.63, 3.8) is 0 Å². The molecule has 0 unspecified atom stereocenters. The smallest absolute Gasteiger partial charge is 0.276 e. The molecule has 6 heteroatoms. The summed E-state index contributed by atoms with van der Waals surface area (Å²) < 4.78 is 0. The number of hydrogen-bond acceptors (Lipinski definition) is 3. The zero-order valence-corrected chi connectivity index (χ0v) is 12.1. The van der Waals surface area contributed by atoms with Gasteiger partial charge < -0.3 is 10.0 Å². The zero-order valence-electron chi connectivity index (χ0n) is 10.6. The molecular formula is C13H13ClN2O2S. The molecule has 1 aliphatic rings. The normalized spacial score (nSPS) is 17.7. The van der Waals surface area contributed by atoms with Crippen molar-refractivity contribution in [1.29, 1.82) is 0 Å². The third-order valence-corrected chi connectivity index (χ3v) is 3.67. The second-order valence-corrected chi connectivity index (χ2v) is 4.93. The number of carbonyl (C=O) groups excluding carboxylic acids is 1. The number of benzene rings is 1. The first-order valence-corrected chi connectivity index (χ1v) is 6.54. The predicted octanol–water partition coefficient (Wildman–Crippen LogP) is 2.47. The summed E-state index contributed by atoms with van der Waals surface area (Å²) in [4.78, 5) is 15.3. The highest BCUT2D eigenvalue weighted by Gasteiger charge is 2.34. The lowest BCUT2D eigenvalue weighted by Crippen LogP contribution is -2.30. The third-order valence-electron chi connectivity index (χ3n) is 2.94. The molecule has 0 saturated carbocycles. The average Bonchev–Trinajstić information content (AvgIpc) is 2.57. The first kappa shape index (κ1) is 13.8. The van der Waals surface area contributed by atoms with Crippen molar-refractivity contribution in [1.82, 2.24) is 9.80 Å². The third kappa shape index (κ3) is 2.43. The van der Waals surface area contributed by atoms with Crippen LogP contribution >= 0.6 is 23.8 Å². The van der Waals surface area contributed by atoms with E-state index < -0.39 is 0 Å². The summed E-state index contributed by atoms with van der Waals surface area (Å²) in [6.45, 7) is 2.37. The lowest BCUT2D eigenvalue weighted by Gasteiger charge is -2.13. The molecule has 0 radical (unpaired) electrons. The fraction of sp³-hybridized carbons (Fsp3) is 0.231. The highest BCUT2D eigenvalue weighted by atomic mass is 35.5. The molecule has 1 fully saturated rings. The summed E-state index contributed by atoms with van der Waals surface area (Å²) in [5, 5.41) is 10.7. The van der Waals surface area contributed by atoms with Crippen molar-refractivity contribution in [2.24, 2.45) is 0 Å². The maximum atomic E-state index is 12.2. The molecule has 0 bridgehead atoms. The lowest BCUT2D eigenvalue weighted by atomic mass is 10.1. The lowest BCUT2D eigenvalue weighted by molar-refractivity contribution is -0.122. The van der Waals surface area contributed by atoms with E-state index in [1.165, 1.54) is 11.0 Å². The number of thiocarbonyl (C=S) groups is 1. The second-order valence-electron chi connectivity index (χ2n) is 4.12. The molecule has 2 rings (SSSR count). The Morgan fingerprint density at radius 2 is 2.16 bits per heavy atom. The first-order chi connectivity index (χ1) is 8.95. The Morgan fingerprint density at radius 3 is 2.74 bits per heavy atom. The highest BCUT2D eigenvalue weighted by molar-refractivity contribution is 7.80. The van der Waals surface area contributed by atoms with Crippen molar-refractivity contribution in [2.45, 2.75) is 6.92 Å². The molecule has 1 aromatic rings. The highest BCUT2D eigenvalue weighted by Crippen LogP contribution is 2.27. The number of likely N-dealkylation sites (N-methyl/N-ethyl adjacent to an activating group) is 2. The molecule has 1 saturated heterocycles. The first-order valence-electron chi connectivity index (χ1n) is 5.75. The Kier molecular flexibility index (Phi) is 3.78. The van der Waals surface area contributed by atoms with Crippen LogP contribution in [0.2, 0.25) is 5.02 Å². The fourth-order valence-corrected chi connectivity index (χ4v) is 2.37. The van der Waals surface area contributed by atoms with Crippen molar-refractivity contribution in [3.05, 3.63) is 34.5 Å². The van der Waals surface area contributed by atoms with Crippen LogP contribution < -0.4 is 0 Å². The van der Waals surface area contributed by atoms with Crippen molar-refractivity contribution in [2.75, 3.05) is 13.6 Å². The molecule has 19 heavy (non-hydrogen) atoms. The molecule has 1 heterocycles. The minimum absolute atomic E-state index is 0.0685. The van der Waals surface area contributed by atoms with E-state index in [-0.39, 0.29) is 11.7 Å². The Labute approximate surface area is 121 Å². The van der Waals surface area contributed by atoms with Gasteiger partial charge in [0.1, 0.15) is 11.4 Å². The molecule has 100 valence electrons. The van der Waals surface area contributed by atoms with Crippen LogP contribution in [-0.2, 0) is 4.79 Å². The number of amides is 1. The van der Waals surface area contributed by atoms with Gasteiger partial charge in [0.05, 0.1) is 0 Å². The molecule has 1 aromatic carbocycles. The summed E-state index contributed by atoms with van der Waals surface area (Å²) in [5.41, 5.74) is 0.910. The maximum absolute atomic E-state index is 12.2. The van der Waals surface area contributed by atoms with Gasteiger partial charge in [-0.2, -0.15) is 0 Å². The van der Waals surface area contributed by atoms with Crippen molar-refractivity contribution < 1.29 is 9.90 Å². The minimum Gasteiger partial charge on any atom is -0.507 e. The van der Waals surface area contributed by atoms with E-state index in [4.69, 9.17) is 23.8 Å². The van der Waals surface area contributed by atoms with Gasteiger partial charge in [0, 0.05) is 24.2 Å². The zero-order chi connectivity index (χ0) is 14.2. The monoisotopic (exact) mass is 296 g/mol. The number of rotatable bonds is 2. The van der Waals surface area contributed by atoms with Crippen LogP contribution in [-0.4, -0.2) is 39.5 Å². The molecule has 0 aromatic heterocycles. The number of hydrogen-bond donors (Lipinski definition) is 1. The van der Waals surface area contributed by atoms with Crippen LogP contribution in [0.5, 0.6) is 5.75 Å². The van der Waals surface area contributed by atoms with E-state index in [9.17, 15) is 9.90 Å². The van der Waals surface area contributed by atoms with Crippen LogP contribution in [0, 0.1) is 0 Å². The maximum Gasteiger partial charge on any atom is 0.276 e. The quantitative estimate of drug-likeness (QED) is 0.672. The van der Waals surface area contributed by atoms with Gasteiger partial charge in [-0.15, -0.1) is 0 Å². The molecule has 1 N–H and O–H groups in total. The molecule has 0 aliphatic carbocycles. The Bertz CT molecular complexity index is 586. The molecule has 1 aliphatic heterocycles. The van der Waals surface area contributed by atoms with Crippen LogP contribution in [0.15, 0.2) is 23.9 Å². The second kappa shape index (κ2) is 5.19. The largest absolute Gasteiger partial charge is 0.507 e. The van der Waals surface area contributed by atoms with Crippen LogP contribution in [0.25, 0.3) is 6.08 Å². The van der Waals surface area contributed by atoms with Gasteiger partial charge in [0.15, 0.2) is 5.11 Å². The molecule has 4 nitrogen and oxygen atoms in total. The van der Waals surface area contributed by atoms with Gasteiger partial charge in [-0.05, 0) is 43.4 Å². The Hall–Kier alpha value is -1.59. The van der Waals surface area contributed by atoms with Gasteiger partial charge in [0.25, 0.3) is 5.91 Å². The molecule has 0 atom stereocenters. The average molecular weight is 297 g/mol. The number of nitrogens with zero attached hydrogens (tertiary/aromatic N) is 2. The summed E-state index contributed by atoms with van der Waals surface area (Å²) in [5.74, 6) is -0.103. The topological polar surface area (TPSA) is 43.8 Å². The fourth-order valence-electron chi connectivity index (χ4n) is 1.88. The van der Waals surface area contributed by atoms with Crippen LogP contribution in [0.1, 0.15) is 12.5 Å². The van der Waals surface area contributed by atoms with Crippen LogP contribution in [0.4, 0.5) is 0 Å². The van der Waals surface area contributed by atoms with Gasteiger partial charge in [-0.1, -0.05) is 11.6 Å². The van der Waals surface area contributed by atoms with Gasteiger partial charge in [0.2, 0.25) is 0 Å². The van der Waals surface area contributed by atoms with E-state index in [1.54, 1.807) is 30.2 Å². The predicted molar refractivity (Wildman–Crippen MR) is 78.8 cm³/mol. The van der Waals surface area contributed by atoms with E-state index >= 15 is 0 Å². The number of aromatic hydroxyl groups is 1. The van der Waals surface area contributed by atoms with Crippen molar-refractivity contribution >= 4 is 40.9 Å². The summed E-state index contributed by atoms with van der Waals surface area (Å²) >= 11 is 11.1. The summed E-state index contributed by atoms with van der Waals surface area (Å²) in [6.07, 6.45) is 1.59. The standard InChI is InChI=1S/C13H13ClN2O2S/c1-3-16-12(18)10(15(2)13(16)19)7-8-6-9(14)4-5-11(8)17/h4-7,17H,3H2,1-2H3/b10-7-. The number of halogens is 1. The van der Waals surface area contributed by atoms with Gasteiger partial charge in [-0.25, -0.2) is 0 Å². The van der Waals surface area contributed by atoms with Gasteiger partial charge in [-0.3, -0.25) is 9.69 Å². The van der Waals surface area contributed by atoms with E-state index in [0.29, 0.717) is 27.9 Å². The molecular weight excluding hydrogens is 284 g/mol. The number of phenols is 1. The number of carbonyl (C=O) groups is 1. The number of phenolic OH excluding ortho intramolecular Hbond substituents is 1. The van der Waals surface area contributed by atoms with Gasteiger partial charge >= 0.3 is 0 Å². The summed E-state index contributed by atoms with van der Waals surface area (Å²) in [7, 11) is 1.73. The van der Waals surface area contributed by atoms with E-state index in [2.05, 4.69) is 0 Å². The van der Waals surface area contributed by atoms with E-state index in [0.717, 1.165) is 0 Å². The summed E-state index contributed by atoms with van der Waals surface area (Å²) in [6, 6.07) is 4.68. The van der Waals surface area contributed by atoms with Crippen molar-refractivity contribution in [3.8, 4) is 5.75 Å². The molecule has 1 amide bonds. The van der Waals surface area contributed by atoms with E-state index in [1.807, 2.05) is 6.92 Å². The Balaban J connectivity index is 2.46. The SMILES string of the molecule is CCN1C(=O)/C(=C/c2cc(Cl)ccc2O)N(C)C1=S. The van der Waals surface area contributed by atoms with Crippen LogP contribution in [0.3, 0.4) is 0 Å². The minimum atomic E-state index is -0.172. The molecule has 0 spiro atoms. The Morgan fingerprint density at radius 1 is 1.47 bits per heavy atom.